The molecule has 1 aliphatic heterocycles. The van der Waals surface area contributed by atoms with E-state index in [1.54, 1.807) is 11.8 Å². The average Bonchev–Trinajstić information content (AvgIpc) is 3.07. The Morgan fingerprint density at radius 2 is 2.08 bits per heavy atom. The summed E-state index contributed by atoms with van der Waals surface area (Å²) in [5, 5.41) is 1.18. The lowest BCUT2D eigenvalue weighted by atomic mass is 10.00. The molecule has 2 amide bonds. The molecule has 2 heterocycles. The average molecular weight is 355 g/mol. The monoisotopic (exact) mass is 355 g/mol. The van der Waals surface area contributed by atoms with Crippen molar-refractivity contribution in [2.75, 3.05) is 19.6 Å². The van der Waals surface area contributed by atoms with Gasteiger partial charge < -0.3 is 14.8 Å². The third kappa shape index (κ3) is 4.09. The van der Waals surface area contributed by atoms with Crippen molar-refractivity contribution in [3.63, 3.8) is 0 Å². The Morgan fingerprint density at radius 3 is 2.85 bits per heavy atom. The van der Waals surface area contributed by atoms with Crippen LogP contribution in [-0.4, -0.2) is 52.3 Å². The number of fused-ring (bicyclic) bond motifs is 1. The highest BCUT2D eigenvalue weighted by molar-refractivity contribution is 5.85. The lowest BCUT2D eigenvalue weighted by Gasteiger charge is -2.36. The number of nitrogens with zero attached hydrogens (tertiary/aromatic N) is 2. The molecule has 1 aromatic carbocycles. The molecule has 1 atom stereocenters. The van der Waals surface area contributed by atoms with Crippen LogP contribution in [0.3, 0.4) is 0 Å². The van der Waals surface area contributed by atoms with Gasteiger partial charge in [-0.25, -0.2) is 0 Å². The van der Waals surface area contributed by atoms with E-state index in [9.17, 15) is 9.59 Å². The molecule has 1 unspecified atom stereocenters. The molecule has 0 spiro atoms. The molecule has 1 aliphatic rings. The van der Waals surface area contributed by atoms with Crippen LogP contribution in [0.15, 0.2) is 30.5 Å². The number of likely N-dealkylation sites (tertiary alicyclic amines) is 1. The summed E-state index contributed by atoms with van der Waals surface area (Å²) < 4.78 is 0. The van der Waals surface area contributed by atoms with E-state index < -0.39 is 0 Å². The number of rotatable bonds is 6. The van der Waals surface area contributed by atoms with Crippen LogP contribution in [0, 0.1) is 0 Å². The van der Waals surface area contributed by atoms with Gasteiger partial charge >= 0.3 is 0 Å². The predicted molar refractivity (Wildman–Crippen MR) is 104 cm³/mol. The number of piperidine rings is 1. The summed E-state index contributed by atoms with van der Waals surface area (Å²) in [7, 11) is 0. The molecular formula is C21H29N3O2. The first kappa shape index (κ1) is 18.5. The summed E-state index contributed by atoms with van der Waals surface area (Å²) in [6.07, 6.45) is 7.08. The summed E-state index contributed by atoms with van der Waals surface area (Å²) in [5.41, 5.74) is 2.29. The molecule has 2 aromatic rings. The fraction of sp³-hybridized carbons (Fsp3) is 0.524. The highest BCUT2D eigenvalue weighted by Gasteiger charge is 2.27. The number of para-hydroxylation sites is 1. The number of hydrogen-bond acceptors (Lipinski definition) is 2. The van der Waals surface area contributed by atoms with Crippen LogP contribution in [0.4, 0.5) is 0 Å². The summed E-state index contributed by atoms with van der Waals surface area (Å²) in [6.45, 7) is 5.26. The van der Waals surface area contributed by atoms with Crippen molar-refractivity contribution in [3.05, 3.63) is 36.0 Å². The number of H-pyrrole nitrogens is 1. The van der Waals surface area contributed by atoms with Crippen LogP contribution in [0.5, 0.6) is 0 Å². The standard InChI is InChI=1S/C21H29N3O2/c1-3-18-8-6-7-12-24(18)21(26)15-23(16(2)25)13-11-17-14-22-20-10-5-4-9-19(17)20/h4-5,9-10,14,18,22H,3,6-8,11-13,15H2,1-2H3. The zero-order valence-corrected chi connectivity index (χ0v) is 15.8. The first-order valence-corrected chi connectivity index (χ1v) is 9.70. The lowest BCUT2D eigenvalue weighted by molar-refractivity contribution is -0.141. The summed E-state index contributed by atoms with van der Waals surface area (Å²) in [4.78, 5) is 31.8. The van der Waals surface area contributed by atoms with Gasteiger partial charge in [-0.05, 0) is 43.7 Å². The number of aromatic amines is 1. The van der Waals surface area contributed by atoms with Crippen LogP contribution in [-0.2, 0) is 16.0 Å². The fourth-order valence-corrected chi connectivity index (χ4v) is 3.95. The third-order valence-electron chi connectivity index (χ3n) is 5.52. The van der Waals surface area contributed by atoms with Crippen molar-refractivity contribution in [1.29, 1.82) is 0 Å². The Hall–Kier alpha value is -2.30. The van der Waals surface area contributed by atoms with Gasteiger partial charge in [0.25, 0.3) is 0 Å². The van der Waals surface area contributed by atoms with Crippen LogP contribution >= 0.6 is 0 Å². The van der Waals surface area contributed by atoms with Gasteiger partial charge in [0.2, 0.25) is 11.8 Å². The van der Waals surface area contributed by atoms with Gasteiger partial charge in [0, 0.05) is 43.2 Å². The molecule has 26 heavy (non-hydrogen) atoms. The van der Waals surface area contributed by atoms with E-state index in [1.807, 2.05) is 29.3 Å². The normalized spacial score (nSPS) is 17.5. The van der Waals surface area contributed by atoms with E-state index in [4.69, 9.17) is 0 Å². The minimum absolute atomic E-state index is 0.0387. The Morgan fingerprint density at radius 1 is 1.27 bits per heavy atom. The maximum absolute atomic E-state index is 12.8. The molecule has 0 bridgehead atoms. The Balaban J connectivity index is 1.63. The number of nitrogens with one attached hydrogen (secondary N) is 1. The first-order valence-electron chi connectivity index (χ1n) is 9.70. The van der Waals surface area contributed by atoms with Crippen LogP contribution in [0.25, 0.3) is 10.9 Å². The van der Waals surface area contributed by atoms with Crippen molar-refractivity contribution >= 4 is 22.7 Å². The quantitative estimate of drug-likeness (QED) is 0.864. The van der Waals surface area contributed by atoms with Crippen molar-refractivity contribution in [1.82, 2.24) is 14.8 Å². The topological polar surface area (TPSA) is 56.4 Å². The van der Waals surface area contributed by atoms with E-state index in [0.717, 1.165) is 37.7 Å². The van der Waals surface area contributed by atoms with E-state index in [1.165, 1.54) is 17.4 Å². The third-order valence-corrected chi connectivity index (χ3v) is 5.52. The summed E-state index contributed by atoms with van der Waals surface area (Å²) in [5.74, 6) is 0.0499. The van der Waals surface area contributed by atoms with E-state index >= 15 is 0 Å². The maximum atomic E-state index is 12.8. The van der Waals surface area contributed by atoms with Gasteiger partial charge in [-0.15, -0.1) is 0 Å². The molecule has 1 fully saturated rings. The number of amides is 2. The maximum Gasteiger partial charge on any atom is 0.242 e. The zero-order chi connectivity index (χ0) is 18.5. The Bertz CT molecular complexity index is 767. The lowest BCUT2D eigenvalue weighted by Crippen LogP contribution is -2.49. The van der Waals surface area contributed by atoms with Crippen molar-refractivity contribution in [2.24, 2.45) is 0 Å². The van der Waals surface area contributed by atoms with Crippen molar-refractivity contribution in [2.45, 2.75) is 52.0 Å². The molecule has 3 rings (SSSR count). The molecule has 0 radical (unpaired) electrons. The number of aromatic nitrogens is 1. The minimum atomic E-state index is -0.0387. The van der Waals surface area contributed by atoms with Gasteiger partial charge in [0.1, 0.15) is 0 Å². The smallest absolute Gasteiger partial charge is 0.242 e. The van der Waals surface area contributed by atoms with Gasteiger partial charge in [0.05, 0.1) is 6.54 Å². The Kier molecular flexibility index (Phi) is 5.96. The predicted octanol–water partition coefficient (Wildman–Crippen LogP) is 3.35. The second-order valence-electron chi connectivity index (χ2n) is 7.20. The molecule has 0 aliphatic carbocycles. The minimum Gasteiger partial charge on any atom is -0.361 e. The van der Waals surface area contributed by atoms with Crippen molar-refractivity contribution in [3.8, 4) is 0 Å². The molecule has 1 N–H and O–H groups in total. The molecular weight excluding hydrogens is 326 g/mol. The van der Waals surface area contributed by atoms with E-state index in [2.05, 4.69) is 18.0 Å². The number of benzene rings is 1. The van der Waals surface area contributed by atoms with Crippen LogP contribution in [0.2, 0.25) is 0 Å². The molecule has 5 nitrogen and oxygen atoms in total. The largest absolute Gasteiger partial charge is 0.361 e. The molecule has 1 saturated heterocycles. The summed E-state index contributed by atoms with van der Waals surface area (Å²) >= 11 is 0. The van der Waals surface area contributed by atoms with Gasteiger partial charge in [-0.1, -0.05) is 25.1 Å². The fourth-order valence-electron chi connectivity index (χ4n) is 3.95. The molecule has 5 heteroatoms. The molecule has 140 valence electrons. The number of carbonyl (C=O) groups is 2. The SMILES string of the molecule is CCC1CCCCN1C(=O)CN(CCc1c[nH]c2ccccc12)C(C)=O. The number of carbonyl (C=O) groups excluding carboxylic acids is 2. The first-order chi connectivity index (χ1) is 12.6. The highest BCUT2D eigenvalue weighted by Crippen LogP contribution is 2.21. The van der Waals surface area contributed by atoms with Gasteiger partial charge in [0.15, 0.2) is 0 Å². The zero-order valence-electron chi connectivity index (χ0n) is 15.8. The number of hydrogen-bond donors (Lipinski definition) is 1. The highest BCUT2D eigenvalue weighted by atomic mass is 16.2. The van der Waals surface area contributed by atoms with Crippen LogP contribution < -0.4 is 0 Å². The van der Waals surface area contributed by atoms with E-state index in [0.29, 0.717) is 12.6 Å². The molecule has 0 saturated carbocycles. The second-order valence-corrected chi connectivity index (χ2v) is 7.20. The molecule has 1 aromatic heterocycles. The van der Waals surface area contributed by atoms with Gasteiger partial charge in [-0.2, -0.15) is 0 Å². The second kappa shape index (κ2) is 8.39. The van der Waals surface area contributed by atoms with E-state index in [-0.39, 0.29) is 18.4 Å². The van der Waals surface area contributed by atoms with Gasteiger partial charge in [-0.3, -0.25) is 9.59 Å². The van der Waals surface area contributed by atoms with Crippen molar-refractivity contribution < 1.29 is 9.59 Å². The Labute approximate surface area is 155 Å². The van der Waals surface area contributed by atoms with Crippen LogP contribution in [0.1, 0.15) is 45.1 Å². The summed E-state index contributed by atoms with van der Waals surface area (Å²) in [6, 6.07) is 8.49.